The Morgan fingerprint density at radius 3 is 2.74 bits per heavy atom. The van der Waals surface area contributed by atoms with E-state index in [9.17, 15) is 9.90 Å². The first kappa shape index (κ1) is 13.5. The fraction of sp³-hybridized carbons (Fsp3) is 0.214. The lowest BCUT2D eigenvalue weighted by atomic mass is 9.94. The van der Waals surface area contributed by atoms with E-state index in [1.807, 2.05) is 13.8 Å². The highest BCUT2D eigenvalue weighted by molar-refractivity contribution is 6.29. The number of aryl methyl sites for hydroxylation is 1. The summed E-state index contributed by atoms with van der Waals surface area (Å²) in [5.74, 6) is -0.995. The molecule has 5 heteroatoms. The molecule has 0 fully saturated rings. The minimum Gasteiger partial charge on any atom is -0.478 e. The molecule has 0 atom stereocenters. The van der Waals surface area contributed by atoms with Gasteiger partial charge in [-0.2, -0.15) is 0 Å². The molecule has 19 heavy (non-hydrogen) atoms. The second-order valence-corrected chi connectivity index (χ2v) is 4.52. The normalized spacial score (nSPS) is 10.5. The van der Waals surface area contributed by atoms with E-state index < -0.39 is 5.97 Å². The summed E-state index contributed by atoms with van der Waals surface area (Å²) in [6.45, 7) is 3.85. The zero-order chi connectivity index (χ0) is 14.0. The van der Waals surface area contributed by atoms with E-state index in [2.05, 4.69) is 9.97 Å². The summed E-state index contributed by atoms with van der Waals surface area (Å²) < 4.78 is 0. The van der Waals surface area contributed by atoms with Crippen LogP contribution < -0.4 is 0 Å². The number of pyridine rings is 2. The van der Waals surface area contributed by atoms with Gasteiger partial charge >= 0.3 is 5.97 Å². The molecule has 0 aromatic carbocycles. The van der Waals surface area contributed by atoms with Gasteiger partial charge in [0.2, 0.25) is 0 Å². The van der Waals surface area contributed by atoms with E-state index in [1.54, 1.807) is 18.3 Å². The SMILES string of the molecule is CCc1c(C)ncc(C(=O)O)c1-c1ccnc(Cl)c1. The Morgan fingerprint density at radius 1 is 1.42 bits per heavy atom. The first-order chi connectivity index (χ1) is 9.04. The zero-order valence-electron chi connectivity index (χ0n) is 10.6. The van der Waals surface area contributed by atoms with Gasteiger partial charge in [0.05, 0.1) is 5.56 Å². The first-order valence-electron chi connectivity index (χ1n) is 5.88. The number of carboxylic acids is 1. The van der Waals surface area contributed by atoms with Crippen LogP contribution in [0.1, 0.15) is 28.5 Å². The fourth-order valence-corrected chi connectivity index (χ4v) is 2.30. The number of hydrogen-bond acceptors (Lipinski definition) is 3. The van der Waals surface area contributed by atoms with Gasteiger partial charge in [-0.05, 0) is 36.6 Å². The van der Waals surface area contributed by atoms with Crippen LogP contribution in [0.15, 0.2) is 24.5 Å². The van der Waals surface area contributed by atoms with Crippen LogP contribution in [0.3, 0.4) is 0 Å². The number of carbonyl (C=O) groups is 1. The van der Waals surface area contributed by atoms with Crippen molar-refractivity contribution < 1.29 is 9.90 Å². The Hall–Kier alpha value is -1.94. The molecule has 0 aliphatic carbocycles. The molecular formula is C14H13ClN2O2. The molecule has 0 aliphatic heterocycles. The highest BCUT2D eigenvalue weighted by atomic mass is 35.5. The van der Waals surface area contributed by atoms with Gasteiger partial charge in [0.25, 0.3) is 0 Å². The maximum Gasteiger partial charge on any atom is 0.337 e. The number of hydrogen-bond donors (Lipinski definition) is 1. The molecule has 98 valence electrons. The molecule has 0 amide bonds. The molecule has 0 saturated heterocycles. The van der Waals surface area contributed by atoms with Crippen LogP contribution in [0.25, 0.3) is 11.1 Å². The minimum atomic E-state index is -0.995. The Bertz CT molecular complexity index is 641. The Morgan fingerprint density at radius 2 is 2.16 bits per heavy atom. The molecule has 4 nitrogen and oxygen atoms in total. The maximum absolute atomic E-state index is 11.4. The lowest BCUT2D eigenvalue weighted by Crippen LogP contribution is -2.06. The van der Waals surface area contributed by atoms with E-state index in [1.165, 1.54) is 6.20 Å². The standard InChI is InChI=1S/C14H13ClN2O2/c1-3-10-8(2)17-7-11(14(18)19)13(10)9-4-5-16-12(15)6-9/h4-7H,3H2,1-2H3,(H,18,19). The molecule has 0 saturated carbocycles. The molecule has 2 aromatic heterocycles. The van der Waals surface area contributed by atoms with E-state index in [0.717, 1.165) is 16.8 Å². The molecule has 0 bridgehead atoms. The molecular weight excluding hydrogens is 264 g/mol. The number of nitrogens with zero attached hydrogens (tertiary/aromatic N) is 2. The van der Waals surface area contributed by atoms with Crippen LogP contribution in [0, 0.1) is 6.92 Å². The number of rotatable bonds is 3. The van der Waals surface area contributed by atoms with Crippen LogP contribution in [0.2, 0.25) is 5.15 Å². The predicted molar refractivity (Wildman–Crippen MR) is 73.6 cm³/mol. The predicted octanol–water partition coefficient (Wildman–Crippen LogP) is 3.37. The average Bonchev–Trinajstić information content (AvgIpc) is 2.37. The Kier molecular flexibility index (Phi) is 3.81. The molecule has 0 radical (unpaired) electrons. The van der Waals surface area contributed by atoms with Crippen LogP contribution >= 0.6 is 11.6 Å². The highest BCUT2D eigenvalue weighted by Gasteiger charge is 2.18. The molecule has 0 spiro atoms. The lowest BCUT2D eigenvalue weighted by Gasteiger charge is -2.13. The van der Waals surface area contributed by atoms with Crippen molar-refractivity contribution in [2.24, 2.45) is 0 Å². The van der Waals surface area contributed by atoms with Crippen LogP contribution in [0.5, 0.6) is 0 Å². The monoisotopic (exact) mass is 276 g/mol. The molecule has 2 heterocycles. The third-order valence-electron chi connectivity index (χ3n) is 2.99. The summed E-state index contributed by atoms with van der Waals surface area (Å²) in [5.41, 5.74) is 3.36. The van der Waals surface area contributed by atoms with Crippen molar-refractivity contribution in [3.8, 4) is 11.1 Å². The zero-order valence-corrected chi connectivity index (χ0v) is 11.4. The van der Waals surface area contributed by atoms with Crippen molar-refractivity contribution in [2.45, 2.75) is 20.3 Å². The lowest BCUT2D eigenvalue weighted by molar-refractivity contribution is 0.0697. The molecule has 0 aliphatic rings. The van der Waals surface area contributed by atoms with E-state index in [-0.39, 0.29) is 5.56 Å². The minimum absolute atomic E-state index is 0.185. The molecule has 2 rings (SSSR count). The third-order valence-corrected chi connectivity index (χ3v) is 3.20. The Labute approximate surface area is 116 Å². The maximum atomic E-state index is 11.4. The van der Waals surface area contributed by atoms with Gasteiger partial charge in [0.15, 0.2) is 0 Å². The van der Waals surface area contributed by atoms with E-state index in [0.29, 0.717) is 17.1 Å². The van der Waals surface area contributed by atoms with Gasteiger partial charge < -0.3 is 5.11 Å². The van der Waals surface area contributed by atoms with Gasteiger partial charge in [0.1, 0.15) is 5.15 Å². The van der Waals surface area contributed by atoms with E-state index in [4.69, 9.17) is 11.6 Å². The number of halogens is 1. The summed E-state index contributed by atoms with van der Waals surface area (Å²) in [7, 11) is 0. The van der Waals surface area contributed by atoms with Crippen LogP contribution in [0.4, 0.5) is 0 Å². The van der Waals surface area contributed by atoms with Gasteiger partial charge in [-0.15, -0.1) is 0 Å². The van der Waals surface area contributed by atoms with Crippen molar-refractivity contribution >= 4 is 17.6 Å². The fourth-order valence-electron chi connectivity index (χ4n) is 2.13. The third kappa shape index (κ3) is 2.58. The van der Waals surface area contributed by atoms with Gasteiger partial charge in [0, 0.05) is 23.7 Å². The quantitative estimate of drug-likeness (QED) is 0.873. The summed E-state index contributed by atoms with van der Waals surface area (Å²) >= 11 is 5.89. The summed E-state index contributed by atoms with van der Waals surface area (Å²) in [6, 6.07) is 3.42. The van der Waals surface area contributed by atoms with E-state index >= 15 is 0 Å². The largest absolute Gasteiger partial charge is 0.478 e. The van der Waals surface area contributed by atoms with Crippen LogP contribution in [-0.4, -0.2) is 21.0 Å². The molecule has 2 aromatic rings. The van der Waals surface area contributed by atoms with Gasteiger partial charge in [-0.1, -0.05) is 18.5 Å². The number of carboxylic acid groups (broad SMARTS) is 1. The smallest absolute Gasteiger partial charge is 0.337 e. The van der Waals surface area contributed by atoms with Crippen molar-refractivity contribution in [1.82, 2.24) is 9.97 Å². The van der Waals surface area contributed by atoms with Gasteiger partial charge in [-0.25, -0.2) is 9.78 Å². The van der Waals surface area contributed by atoms with Gasteiger partial charge in [-0.3, -0.25) is 4.98 Å². The Balaban J connectivity index is 2.78. The van der Waals surface area contributed by atoms with Crippen molar-refractivity contribution in [2.75, 3.05) is 0 Å². The highest BCUT2D eigenvalue weighted by Crippen LogP contribution is 2.30. The number of aromatic carboxylic acids is 1. The molecule has 1 N–H and O–H groups in total. The topological polar surface area (TPSA) is 63.1 Å². The molecule has 0 unspecified atom stereocenters. The first-order valence-corrected chi connectivity index (χ1v) is 6.26. The average molecular weight is 277 g/mol. The van der Waals surface area contributed by atoms with Crippen molar-refractivity contribution in [1.29, 1.82) is 0 Å². The summed E-state index contributed by atoms with van der Waals surface area (Å²) in [6.07, 6.45) is 3.66. The summed E-state index contributed by atoms with van der Waals surface area (Å²) in [5, 5.41) is 9.66. The summed E-state index contributed by atoms with van der Waals surface area (Å²) in [4.78, 5) is 19.4. The number of aromatic nitrogens is 2. The van der Waals surface area contributed by atoms with Crippen molar-refractivity contribution in [3.63, 3.8) is 0 Å². The van der Waals surface area contributed by atoms with Crippen molar-refractivity contribution in [3.05, 3.63) is 46.5 Å². The van der Waals surface area contributed by atoms with Crippen LogP contribution in [-0.2, 0) is 6.42 Å². The second kappa shape index (κ2) is 5.36. The second-order valence-electron chi connectivity index (χ2n) is 4.14.